The van der Waals surface area contributed by atoms with Gasteiger partial charge in [-0.15, -0.1) is 0 Å². The van der Waals surface area contributed by atoms with Crippen LogP contribution in [0.1, 0.15) is 36.1 Å². The van der Waals surface area contributed by atoms with E-state index >= 15 is 0 Å². The van der Waals surface area contributed by atoms with E-state index in [2.05, 4.69) is 85.0 Å². The molecule has 0 fully saturated rings. The second-order valence-electron chi connectivity index (χ2n) is 6.92. The molecule has 1 heterocycles. The summed E-state index contributed by atoms with van der Waals surface area (Å²) >= 11 is 0. The van der Waals surface area contributed by atoms with E-state index in [1.807, 2.05) is 6.07 Å². The Morgan fingerprint density at radius 3 is 2.28 bits per heavy atom. The number of ether oxygens (including phenoxy) is 1. The molecule has 0 amide bonds. The smallest absolute Gasteiger partial charge is 0.119 e. The van der Waals surface area contributed by atoms with Gasteiger partial charge in [-0.25, -0.2) is 0 Å². The quantitative estimate of drug-likeness (QED) is 0.679. The molecule has 25 heavy (non-hydrogen) atoms. The van der Waals surface area contributed by atoms with Gasteiger partial charge in [0.15, 0.2) is 0 Å². The molecule has 2 atom stereocenters. The molecule has 3 aromatic rings. The summed E-state index contributed by atoms with van der Waals surface area (Å²) in [5.41, 5.74) is 5.08. The van der Waals surface area contributed by atoms with Crippen molar-refractivity contribution in [1.29, 1.82) is 0 Å². The van der Waals surface area contributed by atoms with E-state index in [0.29, 0.717) is 0 Å². The average molecular weight is 329 g/mol. The van der Waals surface area contributed by atoms with Crippen molar-refractivity contribution in [2.24, 2.45) is 0 Å². The first-order valence-electron chi connectivity index (χ1n) is 8.76. The molecule has 0 saturated heterocycles. The van der Waals surface area contributed by atoms with Crippen LogP contribution in [-0.4, -0.2) is 7.11 Å². The fraction of sp³-hybridized carbons (Fsp3) is 0.217. The fourth-order valence-corrected chi connectivity index (χ4v) is 3.96. The van der Waals surface area contributed by atoms with E-state index < -0.39 is 0 Å². The lowest BCUT2D eigenvalue weighted by atomic mass is 9.68. The average Bonchev–Trinajstić information content (AvgIpc) is 2.69. The van der Waals surface area contributed by atoms with Crippen LogP contribution in [0.15, 0.2) is 78.9 Å². The Labute approximate surface area is 149 Å². The van der Waals surface area contributed by atoms with Gasteiger partial charge in [0.05, 0.1) is 13.2 Å². The van der Waals surface area contributed by atoms with Crippen molar-refractivity contribution in [3.63, 3.8) is 0 Å². The molecule has 0 saturated carbocycles. The highest BCUT2D eigenvalue weighted by molar-refractivity contribution is 5.63. The minimum absolute atomic E-state index is 0.0725. The summed E-state index contributed by atoms with van der Waals surface area (Å²) < 4.78 is 5.49. The van der Waals surface area contributed by atoms with E-state index in [1.54, 1.807) is 7.11 Å². The van der Waals surface area contributed by atoms with Gasteiger partial charge in [-0.05, 0) is 41.3 Å². The number of hydrogen-bond donors (Lipinski definition) is 1. The molecule has 0 unspecified atom stereocenters. The van der Waals surface area contributed by atoms with Gasteiger partial charge in [-0.2, -0.15) is 0 Å². The third kappa shape index (κ3) is 2.78. The topological polar surface area (TPSA) is 21.3 Å². The Hall–Kier alpha value is -2.74. The molecule has 0 spiro atoms. The number of anilines is 1. The summed E-state index contributed by atoms with van der Waals surface area (Å²) in [5, 5.41) is 3.73. The predicted octanol–water partition coefficient (Wildman–Crippen LogP) is 5.56. The number of fused-ring (bicyclic) bond motifs is 1. The molecule has 0 aromatic heterocycles. The van der Waals surface area contributed by atoms with Crippen LogP contribution >= 0.6 is 0 Å². The summed E-state index contributed by atoms with van der Waals surface area (Å²) in [5.74, 6) is 0.904. The summed E-state index contributed by atoms with van der Waals surface area (Å²) in [6, 6.07) is 28.1. The number of methoxy groups -OCH3 is 1. The summed E-state index contributed by atoms with van der Waals surface area (Å²) in [6.45, 7) is 2.34. The van der Waals surface area contributed by atoms with Crippen LogP contribution < -0.4 is 10.1 Å². The molecule has 2 heteroatoms. The van der Waals surface area contributed by atoms with Crippen LogP contribution in [0.2, 0.25) is 0 Å². The second kappa shape index (κ2) is 6.29. The number of nitrogens with one attached hydrogen (secondary N) is 1. The van der Waals surface area contributed by atoms with Gasteiger partial charge in [0.25, 0.3) is 0 Å². The first-order chi connectivity index (χ1) is 12.2. The molecule has 1 aliphatic heterocycles. The Balaban J connectivity index is 1.86. The van der Waals surface area contributed by atoms with Gasteiger partial charge >= 0.3 is 0 Å². The SMILES string of the molecule is COc1ccc2c(c1)[C@](C)(c1ccccc1)C[C@@H](c1ccccc1)N2. The van der Waals surface area contributed by atoms with E-state index in [1.165, 1.54) is 22.4 Å². The molecule has 0 bridgehead atoms. The zero-order valence-corrected chi connectivity index (χ0v) is 14.7. The highest BCUT2D eigenvalue weighted by Gasteiger charge is 2.38. The minimum Gasteiger partial charge on any atom is -0.497 e. The lowest BCUT2D eigenvalue weighted by Gasteiger charge is -2.42. The lowest BCUT2D eigenvalue weighted by molar-refractivity contribution is 0.408. The van der Waals surface area contributed by atoms with Gasteiger partial charge in [0.2, 0.25) is 0 Å². The first-order valence-corrected chi connectivity index (χ1v) is 8.76. The maximum absolute atomic E-state index is 5.49. The first kappa shape index (κ1) is 15.8. The van der Waals surface area contributed by atoms with Crippen molar-refractivity contribution in [2.75, 3.05) is 12.4 Å². The van der Waals surface area contributed by atoms with Crippen molar-refractivity contribution in [1.82, 2.24) is 0 Å². The zero-order valence-electron chi connectivity index (χ0n) is 14.7. The van der Waals surface area contributed by atoms with E-state index in [4.69, 9.17) is 4.74 Å². The molecule has 4 rings (SSSR count). The van der Waals surface area contributed by atoms with Gasteiger partial charge in [-0.1, -0.05) is 67.6 Å². The highest BCUT2D eigenvalue weighted by atomic mass is 16.5. The van der Waals surface area contributed by atoms with E-state index in [9.17, 15) is 0 Å². The van der Waals surface area contributed by atoms with Crippen LogP contribution in [0.3, 0.4) is 0 Å². The van der Waals surface area contributed by atoms with Gasteiger partial charge in [-0.3, -0.25) is 0 Å². The fourth-order valence-electron chi connectivity index (χ4n) is 3.96. The Bertz CT molecular complexity index is 860. The second-order valence-corrected chi connectivity index (χ2v) is 6.92. The van der Waals surface area contributed by atoms with Crippen molar-refractivity contribution < 1.29 is 4.74 Å². The van der Waals surface area contributed by atoms with E-state index in [0.717, 1.165) is 12.2 Å². The highest BCUT2D eigenvalue weighted by Crippen LogP contribution is 2.48. The lowest BCUT2D eigenvalue weighted by Crippen LogP contribution is -2.34. The van der Waals surface area contributed by atoms with Crippen LogP contribution in [0.5, 0.6) is 5.75 Å². The van der Waals surface area contributed by atoms with Crippen LogP contribution in [0, 0.1) is 0 Å². The summed E-state index contributed by atoms with van der Waals surface area (Å²) in [7, 11) is 1.73. The molecular formula is C23H23NO. The predicted molar refractivity (Wildman–Crippen MR) is 103 cm³/mol. The molecule has 1 aliphatic rings. The minimum atomic E-state index is -0.0725. The van der Waals surface area contributed by atoms with Crippen LogP contribution in [0.25, 0.3) is 0 Å². The van der Waals surface area contributed by atoms with E-state index in [-0.39, 0.29) is 11.5 Å². The number of benzene rings is 3. The van der Waals surface area contributed by atoms with Gasteiger partial charge in [0.1, 0.15) is 5.75 Å². The number of rotatable bonds is 3. The van der Waals surface area contributed by atoms with Crippen LogP contribution in [-0.2, 0) is 5.41 Å². The standard InChI is InChI=1S/C23H23NO/c1-23(18-11-7-4-8-12-18)16-22(17-9-5-3-6-10-17)24-21-14-13-19(25-2)15-20(21)23/h3-15,22,24H,16H2,1-2H3/t22-,23-/m0/s1. The largest absolute Gasteiger partial charge is 0.497 e. The third-order valence-corrected chi connectivity index (χ3v) is 5.38. The molecule has 0 radical (unpaired) electrons. The number of hydrogen-bond acceptors (Lipinski definition) is 2. The molecule has 3 aromatic carbocycles. The monoisotopic (exact) mass is 329 g/mol. The van der Waals surface area contributed by atoms with Crippen molar-refractivity contribution >= 4 is 5.69 Å². The Morgan fingerprint density at radius 1 is 0.920 bits per heavy atom. The van der Waals surface area contributed by atoms with Gasteiger partial charge in [0, 0.05) is 11.1 Å². The third-order valence-electron chi connectivity index (χ3n) is 5.38. The summed E-state index contributed by atoms with van der Waals surface area (Å²) in [6.07, 6.45) is 1.00. The molecule has 126 valence electrons. The zero-order chi connectivity index (χ0) is 17.3. The van der Waals surface area contributed by atoms with Gasteiger partial charge < -0.3 is 10.1 Å². The van der Waals surface area contributed by atoms with Crippen molar-refractivity contribution in [3.8, 4) is 5.75 Å². The summed E-state index contributed by atoms with van der Waals surface area (Å²) in [4.78, 5) is 0. The molecule has 1 N–H and O–H groups in total. The Morgan fingerprint density at radius 2 is 1.60 bits per heavy atom. The Kier molecular flexibility index (Phi) is 3.96. The van der Waals surface area contributed by atoms with Crippen molar-refractivity contribution in [3.05, 3.63) is 95.6 Å². The molecular weight excluding hydrogens is 306 g/mol. The van der Waals surface area contributed by atoms with Crippen molar-refractivity contribution in [2.45, 2.75) is 24.8 Å². The molecule has 0 aliphatic carbocycles. The maximum atomic E-state index is 5.49. The maximum Gasteiger partial charge on any atom is 0.119 e. The van der Waals surface area contributed by atoms with Crippen LogP contribution in [0.4, 0.5) is 5.69 Å². The normalized spacial score (nSPS) is 21.9. The molecule has 2 nitrogen and oxygen atoms in total.